The number of benzene rings is 2. The normalized spacial score (nSPS) is 11.0. The minimum absolute atomic E-state index is 0.00557. The number of aryl methyl sites for hydroxylation is 2. The van der Waals surface area contributed by atoms with Gasteiger partial charge < -0.3 is 4.90 Å². The summed E-state index contributed by atoms with van der Waals surface area (Å²) in [6.07, 6.45) is 0. The van der Waals surface area contributed by atoms with Crippen LogP contribution in [0.15, 0.2) is 60.7 Å². The second-order valence-corrected chi connectivity index (χ2v) is 7.32. The van der Waals surface area contributed by atoms with E-state index in [0.717, 1.165) is 37.6 Å². The predicted molar refractivity (Wildman–Crippen MR) is 108 cm³/mol. The Bertz CT molecular complexity index is 1060. The van der Waals surface area contributed by atoms with Crippen molar-refractivity contribution < 1.29 is 4.79 Å². The van der Waals surface area contributed by atoms with Gasteiger partial charge in [0.05, 0.1) is 16.3 Å². The van der Waals surface area contributed by atoms with Gasteiger partial charge >= 0.3 is 0 Å². The molecular weight excluding hydrogens is 342 g/mol. The summed E-state index contributed by atoms with van der Waals surface area (Å²) in [7, 11) is 3.74. The molecular formula is C21H19N3OS. The number of carbonyl (C=O) groups is 1. The largest absolute Gasteiger partial charge is 0.310 e. The first-order chi connectivity index (χ1) is 12.6. The van der Waals surface area contributed by atoms with E-state index in [4.69, 9.17) is 0 Å². The van der Waals surface area contributed by atoms with Crippen LogP contribution in [0.1, 0.15) is 15.4 Å². The molecule has 0 spiro atoms. The molecule has 0 saturated carbocycles. The van der Waals surface area contributed by atoms with Crippen molar-refractivity contribution in [1.82, 2.24) is 9.78 Å². The Morgan fingerprint density at radius 1 is 1.08 bits per heavy atom. The van der Waals surface area contributed by atoms with Crippen LogP contribution in [0.2, 0.25) is 0 Å². The first kappa shape index (κ1) is 16.5. The van der Waals surface area contributed by atoms with Crippen LogP contribution < -0.4 is 4.90 Å². The molecule has 130 valence electrons. The number of hydrogen-bond donors (Lipinski definition) is 0. The molecule has 0 fully saturated rings. The second-order valence-electron chi connectivity index (χ2n) is 6.29. The molecule has 5 heteroatoms. The van der Waals surface area contributed by atoms with E-state index >= 15 is 0 Å². The third-order valence-corrected chi connectivity index (χ3v) is 5.75. The van der Waals surface area contributed by atoms with E-state index in [9.17, 15) is 4.79 Å². The van der Waals surface area contributed by atoms with Crippen LogP contribution in [0.3, 0.4) is 0 Å². The summed E-state index contributed by atoms with van der Waals surface area (Å²) >= 11 is 1.49. The molecule has 0 atom stereocenters. The van der Waals surface area contributed by atoms with Gasteiger partial charge in [0, 0.05) is 25.0 Å². The van der Waals surface area contributed by atoms with E-state index in [1.165, 1.54) is 11.3 Å². The molecule has 0 unspecified atom stereocenters. The Morgan fingerprint density at radius 3 is 2.50 bits per heavy atom. The fourth-order valence-electron chi connectivity index (χ4n) is 3.21. The highest BCUT2D eigenvalue weighted by molar-refractivity contribution is 7.20. The maximum Gasteiger partial charge on any atom is 0.268 e. The van der Waals surface area contributed by atoms with Gasteiger partial charge in [-0.15, -0.1) is 11.3 Å². The highest BCUT2D eigenvalue weighted by Crippen LogP contribution is 2.33. The Balaban J connectivity index is 1.74. The Kier molecular flexibility index (Phi) is 4.09. The molecule has 0 saturated heterocycles. The third-order valence-electron chi connectivity index (χ3n) is 4.56. The van der Waals surface area contributed by atoms with E-state index in [-0.39, 0.29) is 5.91 Å². The monoisotopic (exact) mass is 361 g/mol. The average molecular weight is 361 g/mol. The summed E-state index contributed by atoms with van der Waals surface area (Å²) in [6.45, 7) is 1.97. The predicted octanol–water partition coefficient (Wildman–Crippen LogP) is 4.89. The average Bonchev–Trinajstić information content (AvgIpc) is 3.23. The van der Waals surface area contributed by atoms with Crippen molar-refractivity contribution >= 4 is 33.1 Å². The number of anilines is 1. The fourth-order valence-corrected chi connectivity index (χ4v) is 4.31. The maximum atomic E-state index is 13.1. The standard InChI is InChI=1S/C21H19N3OS/c1-14-17-13-19(26-21(17)24(3)22-14)20(25)23(2)18-12-8-7-11-16(18)15-9-5-4-6-10-15/h4-13H,1-3H3. The van der Waals surface area contributed by atoms with Crippen molar-refractivity contribution in [3.8, 4) is 11.1 Å². The summed E-state index contributed by atoms with van der Waals surface area (Å²) < 4.78 is 1.84. The topological polar surface area (TPSA) is 38.1 Å². The van der Waals surface area contributed by atoms with Gasteiger partial charge in [-0.25, -0.2) is 0 Å². The Hall–Kier alpha value is -2.92. The van der Waals surface area contributed by atoms with Crippen molar-refractivity contribution in [1.29, 1.82) is 0 Å². The number of amides is 1. The molecule has 2 heterocycles. The zero-order valence-corrected chi connectivity index (χ0v) is 15.7. The van der Waals surface area contributed by atoms with Gasteiger partial charge in [-0.05, 0) is 24.6 Å². The molecule has 0 aliphatic heterocycles. The number of thiophene rings is 1. The lowest BCUT2D eigenvalue weighted by Gasteiger charge is -2.20. The summed E-state index contributed by atoms with van der Waals surface area (Å²) in [5, 5.41) is 5.46. The zero-order chi connectivity index (χ0) is 18.3. The van der Waals surface area contributed by atoms with Crippen LogP contribution in [0.25, 0.3) is 21.3 Å². The van der Waals surface area contributed by atoms with Gasteiger partial charge in [0.25, 0.3) is 5.91 Å². The molecule has 0 aliphatic carbocycles. The molecule has 0 bridgehead atoms. The lowest BCUT2D eigenvalue weighted by atomic mass is 10.0. The molecule has 4 rings (SSSR count). The van der Waals surface area contributed by atoms with Crippen LogP contribution in [-0.2, 0) is 7.05 Å². The quantitative estimate of drug-likeness (QED) is 0.521. The smallest absolute Gasteiger partial charge is 0.268 e. The van der Waals surface area contributed by atoms with E-state index in [1.807, 2.05) is 74.2 Å². The highest BCUT2D eigenvalue weighted by Gasteiger charge is 2.21. The molecule has 0 aliphatic rings. The lowest BCUT2D eigenvalue weighted by Crippen LogP contribution is -2.25. The van der Waals surface area contributed by atoms with Gasteiger partial charge in [0.2, 0.25) is 0 Å². The van der Waals surface area contributed by atoms with Gasteiger partial charge in [-0.3, -0.25) is 9.48 Å². The molecule has 2 aromatic carbocycles. The summed E-state index contributed by atoms with van der Waals surface area (Å²) in [5.41, 5.74) is 3.99. The van der Waals surface area contributed by atoms with Crippen molar-refractivity contribution in [3.05, 3.63) is 71.2 Å². The Morgan fingerprint density at radius 2 is 1.77 bits per heavy atom. The Labute approximate surface area is 156 Å². The minimum Gasteiger partial charge on any atom is -0.310 e. The van der Waals surface area contributed by atoms with E-state index < -0.39 is 0 Å². The molecule has 26 heavy (non-hydrogen) atoms. The zero-order valence-electron chi connectivity index (χ0n) is 14.9. The summed E-state index contributed by atoms with van der Waals surface area (Å²) in [4.78, 5) is 16.6. The maximum absolute atomic E-state index is 13.1. The van der Waals surface area contributed by atoms with Crippen LogP contribution in [0.4, 0.5) is 5.69 Å². The lowest BCUT2D eigenvalue weighted by molar-refractivity contribution is 0.0997. The number of hydrogen-bond acceptors (Lipinski definition) is 3. The first-order valence-electron chi connectivity index (χ1n) is 8.42. The van der Waals surface area contributed by atoms with Crippen LogP contribution in [-0.4, -0.2) is 22.7 Å². The van der Waals surface area contributed by atoms with E-state index in [0.29, 0.717) is 0 Å². The van der Waals surface area contributed by atoms with Crippen LogP contribution in [0, 0.1) is 6.92 Å². The number of fused-ring (bicyclic) bond motifs is 1. The number of rotatable bonds is 3. The van der Waals surface area contributed by atoms with Crippen LogP contribution >= 0.6 is 11.3 Å². The fraction of sp³-hybridized carbons (Fsp3) is 0.143. The van der Waals surface area contributed by atoms with Crippen molar-refractivity contribution in [2.75, 3.05) is 11.9 Å². The van der Waals surface area contributed by atoms with Crippen molar-refractivity contribution in [2.24, 2.45) is 7.05 Å². The summed E-state index contributed by atoms with van der Waals surface area (Å²) in [5.74, 6) is -0.00557. The van der Waals surface area contributed by atoms with E-state index in [1.54, 1.807) is 4.90 Å². The van der Waals surface area contributed by atoms with Crippen LogP contribution in [0.5, 0.6) is 0 Å². The third kappa shape index (κ3) is 2.70. The number of para-hydroxylation sites is 1. The second kappa shape index (κ2) is 6.42. The van der Waals surface area contributed by atoms with Gasteiger partial charge in [-0.1, -0.05) is 48.5 Å². The SMILES string of the molecule is Cc1nn(C)c2sc(C(=O)N(C)c3ccccc3-c3ccccc3)cc12. The van der Waals surface area contributed by atoms with Crippen molar-refractivity contribution in [3.63, 3.8) is 0 Å². The molecule has 0 radical (unpaired) electrons. The molecule has 2 aromatic heterocycles. The molecule has 1 amide bonds. The summed E-state index contributed by atoms with van der Waals surface area (Å²) in [6, 6.07) is 20.1. The van der Waals surface area contributed by atoms with Gasteiger partial charge in [-0.2, -0.15) is 5.10 Å². The molecule has 4 nitrogen and oxygen atoms in total. The minimum atomic E-state index is -0.00557. The highest BCUT2D eigenvalue weighted by atomic mass is 32.1. The number of nitrogens with zero attached hydrogens (tertiary/aromatic N) is 3. The molecule has 0 N–H and O–H groups in total. The first-order valence-corrected chi connectivity index (χ1v) is 9.23. The van der Waals surface area contributed by atoms with E-state index in [2.05, 4.69) is 17.2 Å². The van der Waals surface area contributed by atoms with Crippen molar-refractivity contribution in [2.45, 2.75) is 6.92 Å². The number of aromatic nitrogens is 2. The van der Waals surface area contributed by atoms with Gasteiger partial charge in [0.15, 0.2) is 0 Å². The molecule has 4 aromatic rings. The number of carbonyl (C=O) groups excluding carboxylic acids is 1. The van der Waals surface area contributed by atoms with Gasteiger partial charge in [0.1, 0.15) is 4.83 Å².